The third-order valence-corrected chi connectivity index (χ3v) is 2.51. The zero-order valence-electron chi connectivity index (χ0n) is 9.54. The summed E-state index contributed by atoms with van der Waals surface area (Å²) in [5.74, 6) is 1.01. The maximum atomic E-state index is 5.32. The van der Waals surface area contributed by atoms with E-state index in [0.29, 0.717) is 6.04 Å². The van der Waals surface area contributed by atoms with Gasteiger partial charge in [-0.15, -0.1) is 6.58 Å². The lowest BCUT2D eigenvalue weighted by molar-refractivity contribution is 0.426. The molecule has 1 aromatic heterocycles. The molecule has 0 fully saturated rings. The number of rotatable bonds is 8. The molecule has 0 aliphatic carbocycles. The number of unbranched alkanes of at least 4 members (excludes halogenated alkanes) is 3. The van der Waals surface area contributed by atoms with Gasteiger partial charge in [-0.25, -0.2) is 0 Å². The molecule has 0 spiro atoms. The second-order valence-electron chi connectivity index (χ2n) is 3.83. The van der Waals surface area contributed by atoms with E-state index in [-0.39, 0.29) is 0 Å². The molecule has 1 aromatic rings. The summed E-state index contributed by atoms with van der Waals surface area (Å²) in [7, 11) is 0. The van der Waals surface area contributed by atoms with Gasteiger partial charge in [-0.3, -0.25) is 0 Å². The maximum absolute atomic E-state index is 5.32. The van der Waals surface area contributed by atoms with Crippen molar-refractivity contribution >= 4 is 0 Å². The van der Waals surface area contributed by atoms with Gasteiger partial charge in [0.15, 0.2) is 0 Å². The van der Waals surface area contributed by atoms with Crippen LogP contribution in [0.4, 0.5) is 0 Å². The molecule has 0 saturated heterocycles. The lowest BCUT2D eigenvalue weighted by Crippen LogP contribution is -2.19. The molecule has 2 heteroatoms. The van der Waals surface area contributed by atoms with Crippen LogP contribution in [0.5, 0.6) is 0 Å². The lowest BCUT2D eigenvalue weighted by atomic mass is 10.2. The number of hydrogen-bond donors (Lipinski definition) is 1. The number of allylic oxidation sites excluding steroid dienone is 1. The van der Waals surface area contributed by atoms with Crippen LogP contribution in [0.25, 0.3) is 0 Å². The lowest BCUT2D eigenvalue weighted by Gasteiger charge is -2.10. The largest absolute Gasteiger partial charge is 0.468 e. The van der Waals surface area contributed by atoms with Crippen molar-refractivity contribution in [1.82, 2.24) is 5.32 Å². The van der Waals surface area contributed by atoms with Crippen LogP contribution in [0.15, 0.2) is 35.5 Å². The average Bonchev–Trinajstić information content (AvgIpc) is 2.76. The molecular formula is C13H21NO. The fraction of sp³-hybridized carbons (Fsp3) is 0.538. The highest BCUT2D eigenvalue weighted by atomic mass is 16.3. The van der Waals surface area contributed by atoms with E-state index in [1.54, 1.807) is 6.26 Å². The second kappa shape index (κ2) is 7.30. The zero-order valence-corrected chi connectivity index (χ0v) is 9.54. The third-order valence-electron chi connectivity index (χ3n) is 2.51. The van der Waals surface area contributed by atoms with E-state index >= 15 is 0 Å². The standard InChI is InChI=1S/C13H21NO/c1-3-4-5-6-7-10-14-12(2)13-9-8-11-15-13/h3,8-9,11-12,14H,1,4-7,10H2,2H3/t12-/m0/s1. The van der Waals surface area contributed by atoms with Crippen LogP contribution in [-0.2, 0) is 0 Å². The van der Waals surface area contributed by atoms with Crippen molar-refractivity contribution < 1.29 is 4.42 Å². The molecule has 0 unspecified atom stereocenters. The highest BCUT2D eigenvalue weighted by Gasteiger charge is 2.05. The van der Waals surface area contributed by atoms with Gasteiger partial charge in [-0.1, -0.05) is 12.5 Å². The molecule has 1 rings (SSSR count). The van der Waals surface area contributed by atoms with Crippen molar-refractivity contribution in [3.8, 4) is 0 Å². The second-order valence-corrected chi connectivity index (χ2v) is 3.83. The van der Waals surface area contributed by atoms with Gasteiger partial charge in [0, 0.05) is 0 Å². The van der Waals surface area contributed by atoms with Gasteiger partial charge in [0.1, 0.15) is 5.76 Å². The molecule has 0 aliphatic rings. The SMILES string of the molecule is C=CCCCCCN[C@@H](C)c1ccco1. The quantitative estimate of drug-likeness (QED) is 0.519. The summed E-state index contributed by atoms with van der Waals surface area (Å²) < 4.78 is 5.32. The van der Waals surface area contributed by atoms with Crippen LogP contribution in [-0.4, -0.2) is 6.54 Å². The van der Waals surface area contributed by atoms with E-state index in [1.807, 2.05) is 18.2 Å². The monoisotopic (exact) mass is 207 g/mol. The van der Waals surface area contributed by atoms with Gasteiger partial charge in [-0.05, 0) is 44.9 Å². The first-order valence-electron chi connectivity index (χ1n) is 5.72. The minimum Gasteiger partial charge on any atom is -0.468 e. The Hall–Kier alpha value is -1.02. The van der Waals surface area contributed by atoms with Gasteiger partial charge in [0.05, 0.1) is 12.3 Å². The molecule has 0 radical (unpaired) electrons. The summed E-state index contributed by atoms with van der Waals surface area (Å²) in [5.41, 5.74) is 0. The number of hydrogen-bond acceptors (Lipinski definition) is 2. The Morgan fingerprint density at radius 1 is 1.47 bits per heavy atom. The van der Waals surface area contributed by atoms with Crippen molar-refractivity contribution in [2.24, 2.45) is 0 Å². The minimum absolute atomic E-state index is 0.319. The van der Waals surface area contributed by atoms with E-state index in [1.165, 1.54) is 19.3 Å². The fourth-order valence-corrected chi connectivity index (χ4v) is 1.55. The molecule has 0 amide bonds. The van der Waals surface area contributed by atoms with Gasteiger partial charge >= 0.3 is 0 Å². The Bertz CT molecular complexity index is 254. The molecule has 1 N–H and O–H groups in total. The van der Waals surface area contributed by atoms with E-state index < -0.39 is 0 Å². The smallest absolute Gasteiger partial charge is 0.120 e. The normalized spacial score (nSPS) is 12.6. The van der Waals surface area contributed by atoms with Crippen LogP contribution in [0.1, 0.15) is 44.4 Å². The van der Waals surface area contributed by atoms with Crippen molar-refractivity contribution in [3.63, 3.8) is 0 Å². The van der Waals surface area contributed by atoms with Crippen molar-refractivity contribution in [2.75, 3.05) is 6.54 Å². The molecule has 2 nitrogen and oxygen atoms in total. The first-order chi connectivity index (χ1) is 7.34. The summed E-state index contributed by atoms with van der Waals surface area (Å²) >= 11 is 0. The highest BCUT2D eigenvalue weighted by molar-refractivity contribution is 5.02. The third kappa shape index (κ3) is 4.84. The van der Waals surface area contributed by atoms with E-state index in [2.05, 4.69) is 18.8 Å². The average molecular weight is 207 g/mol. The zero-order chi connectivity index (χ0) is 10.9. The Labute approximate surface area is 92.4 Å². The predicted molar refractivity (Wildman–Crippen MR) is 63.8 cm³/mol. The first kappa shape index (κ1) is 12.1. The summed E-state index contributed by atoms with van der Waals surface area (Å²) in [4.78, 5) is 0. The first-order valence-corrected chi connectivity index (χ1v) is 5.72. The van der Waals surface area contributed by atoms with E-state index in [4.69, 9.17) is 4.42 Å². The molecule has 0 aliphatic heterocycles. The topological polar surface area (TPSA) is 25.2 Å². The highest BCUT2D eigenvalue weighted by Crippen LogP contribution is 2.12. The Balaban J connectivity index is 2.02. The molecular weight excluding hydrogens is 186 g/mol. The molecule has 0 saturated carbocycles. The van der Waals surface area contributed by atoms with Gasteiger partial charge in [0.2, 0.25) is 0 Å². The number of furan rings is 1. The van der Waals surface area contributed by atoms with Crippen LogP contribution in [0, 0.1) is 0 Å². The van der Waals surface area contributed by atoms with Crippen molar-refractivity contribution in [3.05, 3.63) is 36.8 Å². The molecule has 0 bridgehead atoms. The summed E-state index contributed by atoms with van der Waals surface area (Å²) in [6.45, 7) is 6.89. The van der Waals surface area contributed by atoms with Crippen LogP contribution >= 0.6 is 0 Å². The van der Waals surface area contributed by atoms with Crippen LogP contribution < -0.4 is 5.32 Å². The van der Waals surface area contributed by atoms with Crippen molar-refractivity contribution in [2.45, 2.75) is 38.6 Å². The Kier molecular flexibility index (Phi) is 5.86. The van der Waals surface area contributed by atoms with E-state index in [9.17, 15) is 0 Å². The number of nitrogens with one attached hydrogen (secondary N) is 1. The minimum atomic E-state index is 0.319. The molecule has 1 atom stereocenters. The Morgan fingerprint density at radius 3 is 3.00 bits per heavy atom. The van der Waals surface area contributed by atoms with Crippen LogP contribution in [0.2, 0.25) is 0 Å². The molecule has 15 heavy (non-hydrogen) atoms. The van der Waals surface area contributed by atoms with E-state index in [0.717, 1.165) is 18.7 Å². The van der Waals surface area contributed by atoms with Gasteiger partial charge < -0.3 is 9.73 Å². The van der Waals surface area contributed by atoms with Crippen molar-refractivity contribution in [1.29, 1.82) is 0 Å². The summed E-state index contributed by atoms with van der Waals surface area (Å²) in [6.07, 6.45) is 8.58. The summed E-state index contributed by atoms with van der Waals surface area (Å²) in [6, 6.07) is 4.26. The molecule has 84 valence electrons. The maximum Gasteiger partial charge on any atom is 0.120 e. The molecule has 1 heterocycles. The predicted octanol–water partition coefficient (Wildman–Crippen LogP) is 3.68. The van der Waals surface area contributed by atoms with Crippen LogP contribution in [0.3, 0.4) is 0 Å². The summed E-state index contributed by atoms with van der Waals surface area (Å²) in [5, 5.41) is 3.44. The van der Waals surface area contributed by atoms with Gasteiger partial charge in [-0.2, -0.15) is 0 Å². The fourth-order valence-electron chi connectivity index (χ4n) is 1.55. The Morgan fingerprint density at radius 2 is 2.33 bits per heavy atom. The van der Waals surface area contributed by atoms with Gasteiger partial charge in [0.25, 0.3) is 0 Å². The molecule has 0 aromatic carbocycles.